The molecule has 114 valence electrons. The average molecular weight is 309 g/mol. The summed E-state index contributed by atoms with van der Waals surface area (Å²) in [5.41, 5.74) is 8.16. The van der Waals surface area contributed by atoms with Crippen LogP contribution in [0.2, 0.25) is 0 Å². The van der Waals surface area contributed by atoms with Gasteiger partial charge in [-0.25, -0.2) is 13.1 Å². The molecular formula is C13H19N5O2S. The van der Waals surface area contributed by atoms with Crippen LogP contribution < -0.4 is 15.4 Å². The van der Waals surface area contributed by atoms with E-state index in [1.54, 1.807) is 23.0 Å². The number of nitrogens with one attached hydrogen (secondary N) is 1. The molecule has 21 heavy (non-hydrogen) atoms. The smallest absolute Gasteiger partial charge is 0.240 e. The fourth-order valence-corrected chi connectivity index (χ4v) is 2.80. The molecule has 1 aromatic heterocycles. The van der Waals surface area contributed by atoms with Crippen LogP contribution in [0.3, 0.4) is 0 Å². The second-order valence-electron chi connectivity index (χ2n) is 4.81. The van der Waals surface area contributed by atoms with Gasteiger partial charge in [-0.1, -0.05) is 0 Å². The molecule has 0 atom stereocenters. The number of aryl methyl sites for hydroxylation is 1. The van der Waals surface area contributed by atoms with E-state index in [1.807, 2.05) is 25.2 Å². The maximum absolute atomic E-state index is 11.9. The zero-order valence-corrected chi connectivity index (χ0v) is 13.1. The van der Waals surface area contributed by atoms with E-state index in [1.165, 1.54) is 13.1 Å². The van der Waals surface area contributed by atoms with Crippen LogP contribution >= 0.6 is 0 Å². The number of rotatable bonds is 5. The summed E-state index contributed by atoms with van der Waals surface area (Å²) in [6.45, 7) is 0.584. The Kier molecular flexibility index (Phi) is 4.19. The Morgan fingerprint density at radius 2 is 2.14 bits per heavy atom. The maximum atomic E-state index is 11.9. The quantitative estimate of drug-likeness (QED) is 0.787. The van der Waals surface area contributed by atoms with Gasteiger partial charge < -0.3 is 10.6 Å². The van der Waals surface area contributed by atoms with Gasteiger partial charge in [0.25, 0.3) is 0 Å². The van der Waals surface area contributed by atoms with Crippen LogP contribution in [0.5, 0.6) is 0 Å². The Bertz CT molecular complexity index is 739. The lowest BCUT2D eigenvalue weighted by molar-refractivity contribution is 0.588. The van der Waals surface area contributed by atoms with Gasteiger partial charge in [-0.15, -0.1) is 0 Å². The highest BCUT2D eigenvalue weighted by Gasteiger charge is 2.15. The molecule has 0 fully saturated rings. The predicted octanol–water partition coefficient (Wildman–Crippen LogP) is 0.547. The second-order valence-corrected chi connectivity index (χ2v) is 6.69. The number of nitrogen functional groups attached to an aromatic ring is 1. The van der Waals surface area contributed by atoms with Crippen molar-refractivity contribution in [3.63, 3.8) is 0 Å². The summed E-state index contributed by atoms with van der Waals surface area (Å²) in [6, 6.07) is 4.65. The summed E-state index contributed by atoms with van der Waals surface area (Å²) >= 11 is 0. The Morgan fingerprint density at radius 3 is 2.71 bits per heavy atom. The summed E-state index contributed by atoms with van der Waals surface area (Å²) in [5, 5.41) is 4.11. The van der Waals surface area contributed by atoms with Gasteiger partial charge in [0.1, 0.15) is 0 Å². The molecule has 0 aliphatic carbocycles. The van der Waals surface area contributed by atoms with Crippen molar-refractivity contribution in [3.8, 4) is 0 Å². The van der Waals surface area contributed by atoms with Crippen molar-refractivity contribution in [1.29, 1.82) is 0 Å². The summed E-state index contributed by atoms with van der Waals surface area (Å²) in [6.07, 6.45) is 3.67. The highest BCUT2D eigenvalue weighted by molar-refractivity contribution is 7.89. The zero-order chi connectivity index (χ0) is 15.6. The number of anilines is 2. The SMILES string of the molecule is CNS(=O)(=O)c1ccc(N)c(N(C)Cc2cnn(C)c2)c1. The van der Waals surface area contributed by atoms with Crippen LogP contribution in [0.1, 0.15) is 5.56 Å². The zero-order valence-electron chi connectivity index (χ0n) is 12.2. The van der Waals surface area contributed by atoms with E-state index in [4.69, 9.17) is 5.73 Å². The van der Waals surface area contributed by atoms with E-state index < -0.39 is 10.0 Å². The lowest BCUT2D eigenvalue weighted by atomic mass is 10.2. The van der Waals surface area contributed by atoms with Gasteiger partial charge in [0.15, 0.2) is 0 Å². The first-order valence-electron chi connectivity index (χ1n) is 6.35. The van der Waals surface area contributed by atoms with Gasteiger partial charge in [0.05, 0.1) is 22.5 Å². The minimum absolute atomic E-state index is 0.187. The minimum Gasteiger partial charge on any atom is -0.397 e. The van der Waals surface area contributed by atoms with Crippen molar-refractivity contribution in [2.75, 3.05) is 24.7 Å². The lowest BCUT2D eigenvalue weighted by Gasteiger charge is -2.21. The van der Waals surface area contributed by atoms with Crippen molar-refractivity contribution >= 4 is 21.4 Å². The van der Waals surface area contributed by atoms with Gasteiger partial charge in [-0.2, -0.15) is 5.10 Å². The first-order valence-corrected chi connectivity index (χ1v) is 7.83. The van der Waals surface area contributed by atoms with E-state index in [2.05, 4.69) is 9.82 Å². The van der Waals surface area contributed by atoms with Crippen molar-refractivity contribution in [2.45, 2.75) is 11.4 Å². The van der Waals surface area contributed by atoms with Crippen molar-refractivity contribution in [2.24, 2.45) is 7.05 Å². The number of nitrogens with zero attached hydrogens (tertiary/aromatic N) is 3. The first kappa shape index (κ1) is 15.3. The molecule has 0 saturated heterocycles. The molecule has 1 heterocycles. The first-order chi connectivity index (χ1) is 9.83. The van der Waals surface area contributed by atoms with E-state index in [0.29, 0.717) is 17.9 Å². The molecule has 0 aliphatic rings. The Morgan fingerprint density at radius 1 is 1.43 bits per heavy atom. The van der Waals surface area contributed by atoms with Crippen LogP contribution in [0.4, 0.5) is 11.4 Å². The fourth-order valence-electron chi connectivity index (χ4n) is 2.05. The lowest BCUT2D eigenvalue weighted by Crippen LogP contribution is -2.21. The standard InChI is InChI=1S/C13H19N5O2S/c1-15-21(19,20)11-4-5-12(14)13(6-11)17(2)8-10-7-16-18(3)9-10/h4-7,9,15H,8,14H2,1-3H3. The van der Waals surface area contributed by atoms with Crippen LogP contribution in [-0.2, 0) is 23.6 Å². The van der Waals surface area contributed by atoms with Crippen LogP contribution in [-0.4, -0.2) is 32.3 Å². The average Bonchev–Trinajstić information content (AvgIpc) is 2.84. The molecule has 8 heteroatoms. The van der Waals surface area contributed by atoms with Crippen molar-refractivity contribution < 1.29 is 8.42 Å². The summed E-state index contributed by atoms with van der Waals surface area (Å²) in [4.78, 5) is 2.08. The predicted molar refractivity (Wildman–Crippen MR) is 82.4 cm³/mol. The summed E-state index contributed by atoms with van der Waals surface area (Å²) in [5.74, 6) is 0. The van der Waals surface area contributed by atoms with E-state index in [0.717, 1.165) is 5.56 Å². The Labute approximate surface area is 124 Å². The number of hydrogen-bond donors (Lipinski definition) is 2. The van der Waals surface area contributed by atoms with Gasteiger partial charge in [-0.3, -0.25) is 4.68 Å². The van der Waals surface area contributed by atoms with E-state index >= 15 is 0 Å². The fraction of sp³-hybridized carbons (Fsp3) is 0.308. The molecule has 2 rings (SSSR count). The minimum atomic E-state index is -3.49. The molecule has 0 aliphatic heterocycles. The second kappa shape index (κ2) is 5.74. The summed E-state index contributed by atoms with van der Waals surface area (Å²) < 4.78 is 27.7. The monoisotopic (exact) mass is 309 g/mol. The number of aromatic nitrogens is 2. The molecular weight excluding hydrogens is 290 g/mol. The van der Waals surface area contributed by atoms with Gasteiger partial charge >= 0.3 is 0 Å². The van der Waals surface area contributed by atoms with E-state index in [-0.39, 0.29) is 4.90 Å². The Balaban J connectivity index is 2.32. The molecule has 1 aromatic carbocycles. The topological polar surface area (TPSA) is 93.2 Å². The third kappa shape index (κ3) is 3.34. The van der Waals surface area contributed by atoms with Crippen LogP contribution in [0.15, 0.2) is 35.5 Å². The molecule has 0 saturated carbocycles. The Hall–Kier alpha value is -2.06. The van der Waals surface area contributed by atoms with Crippen molar-refractivity contribution in [3.05, 3.63) is 36.2 Å². The number of nitrogens with two attached hydrogens (primary N) is 1. The summed E-state index contributed by atoms with van der Waals surface area (Å²) in [7, 11) is 1.59. The van der Waals surface area contributed by atoms with E-state index in [9.17, 15) is 8.42 Å². The normalized spacial score (nSPS) is 11.6. The molecule has 0 spiro atoms. The van der Waals surface area contributed by atoms with Gasteiger partial charge in [0.2, 0.25) is 10.0 Å². The number of hydrogen-bond acceptors (Lipinski definition) is 5. The van der Waals surface area contributed by atoms with Gasteiger partial charge in [-0.05, 0) is 25.2 Å². The molecule has 3 N–H and O–H groups in total. The van der Waals surface area contributed by atoms with Crippen molar-refractivity contribution in [1.82, 2.24) is 14.5 Å². The van der Waals surface area contributed by atoms with Gasteiger partial charge in [0, 0.05) is 32.4 Å². The third-order valence-electron chi connectivity index (χ3n) is 3.17. The third-order valence-corrected chi connectivity index (χ3v) is 4.58. The van der Waals surface area contributed by atoms with Crippen LogP contribution in [0.25, 0.3) is 0 Å². The molecule has 7 nitrogen and oxygen atoms in total. The van der Waals surface area contributed by atoms with Crippen LogP contribution in [0, 0.1) is 0 Å². The largest absolute Gasteiger partial charge is 0.397 e. The maximum Gasteiger partial charge on any atom is 0.240 e. The molecule has 2 aromatic rings. The molecule has 0 amide bonds. The molecule has 0 unspecified atom stereocenters. The number of sulfonamides is 1. The molecule has 0 bridgehead atoms. The number of benzene rings is 1. The highest BCUT2D eigenvalue weighted by atomic mass is 32.2. The molecule has 0 radical (unpaired) electrons. The highest BCUT2D eigenvalue weighted by Crippen LogP contribution is 2.26.